The molecular formula is C26H26N4. The number of hydrogen-bond acceptors (Lipinski definition) is 2. The Morgan fingerprint density at radius 3 is 1.40 bits per heavy atom. The zero-order valence-electron chi connectivity index (χ0n) is 17.8. The van der Waals surface area contributed by atoms with Crippen molar-refractivity contribution >= 4 is 21.5 Å². The molecule has 2 heterocycles. The van der Waals surface area contributed by atoms with Crippen molar-refractivity contribution in [1.29, 1.82) is 0 Å². The van der Waals surface area contributed by atoms with Crippen LogP contribution < -0.4 is 0 Å². The smallest absolute Gasteiger partial charge is 0.109 e. The SMILES string of the molecule is CC(C)c1ncc(-c2ccc3c(ccc4cc(-c5cnc(C(C)C)[nH]5)ccc43)c2)[nH]1. The molecule has 3 aromatic carbocycles. The van der Waals surface area contributed by atoms with Crippen LogP contribution in [-0.2, 0) is 0 Å². The molecule has 0 aliphatic carbocycles. The van der Waals surface area contributed by atoms with Crippen LogP contribution in [0, 0.1) is 0 Å². The van der Waals surface area contributed by atoms with Crippen molar-refractivity contribution in [2.45, 2.75) is 39.5 Å². The van der Waals surface area contributed by atoms with E-state index in [9.17, 15) is 0 Å². The highest BCUT2D eigenvalue weighted by atomic mass is 14.9. The van der Waals surface area contributed by atoms with Gasteiger partial charge in [-0.1, -0.05) is 64.1 Å². The highest BCUT2D eigenvalue weighted by molar-refractivity contribution is 6.09. The molecule has 0 radical (unpaired) electrons. The van der Waals surface area contributed by atoms with Gasteiger partial charge in [-0.15, -0.1) is 0 Å². The first kappa shape index (κ1) is 18.6. The Bertz CT molecular complexity index is 1250. The number of nitrogens with one attached hydrogen (secondary N) is 2. The summed E-state index contributed by atoms with van der Waals surface area (Å²) in [6, 6.07) is 17.7. The van der Waals surface area contributed by atoms with Crippen LogP contribution in [0.4, 0.5) is 0 Å². The van der Waals surface area contributed by atoms with Gasteiger partial charge in [0.05, 0.1) is 23.8 Å². The molecule has 0 saturated carbocycles. The third-order valence-electron chi connectivity index (χ3n) is 5.74. The Labute approximate surface area is 176 Å². The predicted molar refractivity (Wildman–Crippen MR) is 125 cm³/mol. The molecule has 0 saturated heterocycles. The predicted octanol–water partition coefficient (Wildman–Crippen LogP) is 7.02. The van der Waals surface area contributed by atoms with Crippen molar-refractivity contribution in [2.75, 3.05) is 0 Å². The summed E-state index contributed by atoms with van der Waals surface area (Å²) >= 11 is 0. The van der Waals surface area contributed by atoms with Gasteiger partial charge in [0, 0.05) is 23.0 Å². The number of benzene rings is 3. The molecular weight excluding hydrogens is 368 g/mol. The van der Waals surface area contributed by atoms with Gasteiger partial charge in [0.1, 0.15) is 11.6 Å². The molecule has 0 unspecified atom stereocenters. The fraction of sp³-hybridized carbons (Fsp3) is 0.231. The van der Waals surface area contributed by atoms with Crippen LogP contribution in [0.2, 0.25) is 0 Å². The van der Waals surface area contributed by atoms with Gasteiger partial charge in [-0.05, 0) is 33.7 Å². The van der Waals surface area contributed by atoms with Crippen molar-refractivity contribution in [2.24, 2.45) is 0 Å². The molecule has 0 amide bonds. The average molecular weight is 395 g/mol. The molecule has 0 bridgehead atoms. The third kappa shape index (κ3) is 3.18. The number of fused-ring (bicyclic) bond motifs is 3. The van der Waals surface area contributed by atoms with Crippen LogP contribution >= 0.6 is 0 Å². The zero-order valence-corrected chi connectivity index (χ0v) is 17.8. The topological polar surface area (TPSA) is 57.4 Å². The molecule has 0 atom stereocenters. The Balaban J connectivity index is 1.55. The van der Waals surface area contributed by atoms with Crippen molar-refractivity contribution in [3.8, 4) is 22.5 Å². The minimum Gasteiger partial charge on any atom is -0.342 e. The van der Waals surface area contributed by atoms with Crippen LogP contribution in [-0.4, -0.2) is 19.9 Å². The molecule has 2 aromatic heterocycles. The lowest BCUT2D eigenvalue weighted by atomic mass is 9.97. The van der Waals surface area contributed by atoms with E-state index in [0.29, 0.717) is 11.8 Å². The number of imidazole rings is 2. The Kier molecular flexibility index (Phi) is 4.43. The molecule has 5 aromatic rings. The van der Waals surface area contributed by atoms with E-state index >= 15 is 0 Å². The maximum absolute atomic E-state index is 4.51. The zero-order chi connectivity index (χ0) is 20.8. The van der Waals surface area contributed by atoms with E-state index in [0.717, 1.165) is 34.2 Å². The lowest BCUT2D eigenvalue weighted by molar-refractivity contribution is 0.795. The first-order valence-electron chi connectivity index (χ1n) is 10.6. The van der Waals surface area contributed by atoms with E-state index in [4.69, 9.17) is 0 Å². The Morgan fingerprint density at radius 1 is 0.600 bits per heavy atom. The number of aromatic nitrogens is 4. The quantitative estimate of drug-likeness (QED) is 0.322. The largest absolute Gasteiger partial charge is 0.342 e. The third-order valence-corrected chi connectivity index (χ3v) is 5.74. The van der Waals surface area contributed by atoms with Gasteiger partial charge in [0.15, 0.2) is 0 Å². The monoisotopic (exact) mass is 394 g/mol. The van der Waals surface area contributed by atoms with E-state index in [2.05, 4.69) is 96.2 Å². The van der Waals surface area contributed by atoms with Gasteiger partial charge in [-0.25, -0.2) is 9.97 Å². The summed E-state index contributed by atoms with van der Waals surface area (Å²) in [5.41, 5.74) is 4.46. The summed E-state index contributed by atoms with van der Waals surface area (Å²) < 4.78 is 0. The first-order valence-corrected chi connectivity index (χ1v) is 10.6. The molecule has 0 spiro atoms. The Morgan fingerprint density at radius 2 is 1.03 bits per heavy atom. The second-order valence-corrected chi connectivity index (χ2v) is 8.61. The molecule has 30 heavy (non-hydrogen) atoms. The second-order valence-electron chi connectivity index (χ2n) is 8.61. The van der Waals surface area contributed by atoms with Gasteiger partial charge in [0.2, 0.25) is 0 Å². The first-order chi connectivity index (χ1) is 14.5. The van der Waals surface area contributed by atoms with Crippen LogP contribution in [0.3, 0.4) is 0 Å². The maximum Gasteiger partial charge on any atom is 0.109 e. The summed E-state index contributed by atoms with van der Waals surface area (Å²) in [5.74, 6) is 2.83. The van der Waals surface area contributed by atoms with Crippen molar-refractivity contribution in [3.63, 3.8) is 0 Å². The molecule has 0 fully saturated rings. The van der Waals surface area contributed by atoms with Gasteiger partial charge in [-0.2, -0.15) is 0 Å². The van der Waals surface area contributed by atoms with Crippen molar-refractivity contribution < 1.29 is 0 Å². The number of H-pyrrole nitrogens is 2. The molecule has 0 aliphatic heterocycles. The van der Waals surface area contributed by atoms with E-state index < -0.39 is 0 Å². The van der Waals surface area contributed by atoms with Crippen LogP contribution in [0.25, 0.3) is 44.1 Å². The van der Waals surface area contributed by atoms with Gasteiger partial charge >= 0.3 is 0 Å². The van der Waals surface area contributed by atoms with Crippen LogP contribution in [0.15, 0.2) is 60.9 Å². The number of hydrogen-bond donors (Lipinski definition) is 2. The number of aromatic amines is 2. The number of rotatable bonds is 4. The number of nitrogens with zero attached hydrogens (tertiary/aromatic N) is 2. The van der Waals surface area contributed by atoms with Gasteiger partial charge in [-0.3, -0.25) is 0 Å². The van der Waals surface area contributed by atoms with E-state index in [1.807, 2.05) is 12.4 Å². The minimum absolute atomic E-state index is 0.392. The Hall–Kier alpha value is -3.40. The maximum atomic E-state index is 4.51. The molecule has 150 valence electrons. The second kappa shape index (κ2) is 7.13. The van der Waals surface area contributed by atoms with Crippen molar-refractivity contribution in [3.05, 3.63) is 72.6 Å². The highest BCUT2D eigenvalue weighted by Crippen LogP contribution is 2.32. The highest BCUT2D eigenvalue weighted by Gasteiger charge is 2.10. The fourth-order valence-electron chi connectivity index (χ4n) is 3.96. The average Bonchev–Trinajstić information content (AvgIpc) is 3.43. The van der Waals surface area contributed by atoms with Crippen LogP contribution in [0.1, 0.15) is 51.2 Å². The minimum atomic E-state index is 0.392. The van der Waals surface area contributed by atoms with Crippen LogP contribution in [0.5, 0.6) is 0 Å². The van der Waals surface area contributed by atoms with Gasteiger partial charge < -0.3 is 9.97 Å². The molecule has 5 rings (SSSR count). The van der Waals surface area contributed by atoms with E-state index in [1.165, 1.54) is 21.5 Å². The summed E-state index contributed by atoms with van der Waals surface area (Å²) in [5, 5.41) is 4.99. The lowest BCUT2D eigenvalue weighted by Crippen LogP contribution is -1.89. The standard InChI is InChI=1S/C26H26N4/c1-15(2)25-27-13-23(29-25)19-7-9-21-17(11-19)5-6-18-12-20(8-10-22(18)21)24-14-28-26(30-24)16(3)4/h5-16H,1-4H3,(H,27,29)(H,28,30). The normalized spacial score (nSPS) is 11.9. The summed E-state index contributed by atoms with van der Waals surface area (Å²) in [6.45, 7) is 8.60. The molecule has 4 nitrogen and oxygen atoms in total. The van der Waals surface area contributed by atoms with E-state index in [1.54, 1.807) is 0 Å². The molecule has 0 aliphatic rings. The fourth-order valence-corrected chi connectivity index (χ4v) is 3.96. The summed E-state index contributed by atoms with van der Waals surface area (Å²) in [6.07, 6.45) is 3.86. The lowest BCUT2D eigenvalue weighted by Gasteiger charge is -2.08. The summed E-state index contributed by atoms with van der Waals surface area (Å²) in [7, 11) is 0. The molecule has 4 heteroatoms. The van der Waals surface area contributed by atoms with Gasteiger partial charge in [0.25, 0.3) is 0 Å². The summed E-state index contributed by atoms with van der Waals surface area (Å²) in [4.78, 5) is 15.9. The molecule has 2 N–H and O–H groups in total. The van der Waals surface area contributed by atoms with Crippen molar-refractivity contribution in [1.82, 2.24) is 19.9 Å². The van der Waals surface area contributed by atoms with E-state index in [-0.39, 0.29) is 0 Å².